The Balaban J connectivity index is 1.57. The fourth-order valence-electron chi connectivity index (χ4n) is 4.23. The fourth-order valence-corrected chi connectivity index (χ4v) is 4.23. The minimum absolute atomic E-state index is 0.0261. The van der Waals surface area contributed by atoms with E-state index in [9.17, 15) is 9.59 Å². The Morgan fingerprint density at radius 1 is 1.33 bits per heavy atom. The van der Waals surface area contributed by atoms with Crippen LogP contribution in [0.3, 0.4) is 0 Å². The Morgan fingerprint density at radius 2 is 2.13 bits per heavy atom. The monoisotopic (exact) mass is 411 g/mol. The number of aryl methyl sites for hydroxylation is 2. The smallest absolute Gasteiger partial charge is 0.309 e. The molecule has 1 saturated carbocycles. The van der Waals surface area contributed by atoms with Gasteiger partial charge in [-0.2, -0.15) is 5.10 Å². The molecule has 160 valence electrons. The number of nitrogens with zero attached hydrogens (tertiary/aromatic N) is 3. The van der Waals surface area contributed by atoms with E-state index in [1.165, 1.54) is 0 Å². The van der Waals surface area contributed by atoms with Crippen LogP contribution >= 0.6 is 0 Å². The van der Waals surface area contributed by atoms with Crippen molar-refractivity contribution in [3.8, 4) is 5.75 Å². The molecule has 2 aliphatic rings. The van der Waals surface area contributed by atoms with Gasteiger partial charge in [0.25, 0.3) is 5.91 Å². The van der Waals surface area contributed by atoms with Crippen LogP contribution in [0.1, 0.15) is 46.2 Å². The van der Waals surface area contributed by atoms with E-state index < -0.39 is 0 Å². The minimum Gasteiger partial charge on any atom is -0.493 e. The van der Waals surface area contributed by atoms with Gasteiger partial charge >= 0.3 is 5.97 Å². The summed E-state index contributed by atoms with van der Waals surface area (Å²) in [6.45, 7) is 7.86. The number of benzene rings is 1. The highest BCUT2D eigenvalue weighted by molar-refractivity contribution is 5.94. The maximum atomic E-state index is 13.5. The van der Waals surface area contributed by atoms with E-state index in [2.05, 4.69) is 5.10 Å². The van der Waals surface area contributed by atoms with Gasteiger partial charge in [0, 0.05) is 43.4 Å². The highest BCUT2D eigenvalue weighted by Crippen LogP contribution is 2.40. The van der Waals surface area contributed by atoms with E-state index in [0.29, 0.717) is 31.9 Å². The quantitative estimate of drug-likeness (QED) is 0.655. The first-order valence-electron chi connectivity index (χ1n) is 10.6. The Hall–Kier alpha value is -2.83. The maximum Gasteiger partial charge on any atom is 0.309 e. The van der Waals surface area contributed by atoms with Crippen LogP contribution in [-0.4, -0.2) is 46.3 Å². The number of carbonyl (C=O) groups excluding carboxylic acids is 2. The number of hydrogen-bond acceptors (Lipinski definition) is 5. The molecule has 1 aromatic heterocycles. The molecule has 0 N–H and O–H groups in total. The number of amides is 1. The van der Waals surface area contributed by atoms with Crippen molar-refractivity contribution in [1.29, 1.82) is 0 Å². The fraction of sp³-hybridized carbons (Fsp3) is 0.522. The molecule has 0 saturated heterocycles. The first-order valence-corrected chi connectivity index (χ1v) is 10.6. The number of hydrogen-bond donors (Lipinski definition) is 0. The van der Waals surface area contributed by atoms with Gasteiger partial charge in [-0.15, -0.1) is 0 Å². The predicted molar refractivity (Wildman–Crippen MR) is 111 cm³/mol. The van der Waals surface area contributed by atoms with Crippen molar-refractivity contribution in [2.45, 2.75) is 40.2 Å². The zero-order chi connectivity index (χ0) is 21.4. The molecular weight excluding hydrogens is 382 g/mol. The minimum atomic E-state index is -0.154. The summed E-state index contributed by atoms with van der Waals surface area (Å²) >= 11 is 0. The molecule has 30 heavy (non-hydrogen) atoms. The lowest BCUT2D eigenvalue weighted by Crippen LogP contribution is -2.33. The summed E-state index contributed by atoms with van der Waals surface area (Å²) in [4.78, 5) is 27.4. The van der Waals surface area contributed by atoms with Crippen LogP contribution in [0.25, 0.3) is 0 Å². The van der Waals surface area contributed by atoms with Gasteiger partial charge in [0.1, 0.15) is 5.75 Å². The second kappa shape index (κ2) is 8.13. The molecule has 2 atom stereocenters. The van der Waals surface area contributed by atoms with Crippen LogP contribution in [0, 0.1) is 25.7 Å². The molecule has 0 bridgehead atoms. The molecule has 1 aromatic carbocycles. The Labute approximate surface area is 177 Å². The van der Waals surface area contributed by atoms with Crippen molar-refractivity contribution >= 4 is 11.9 Å². The van der Waals surface area contributed by atoms with Crippen molar-refractivity contribution in [1.82, 2.24) is 14.7 Å². The van der Waals surface area contributed by atoms with Gasteiger partial charge in [-0.05, 0) is 56.9 Å². The van der Waals surface area contributed by atoms with Crippen LogP contribution in [0.2, 0.25) is 0 Å². The summed E-state index contributed by atoms with van der Waals surface area (Å²) in [6.07, 6.45) is 1.59. The molecule has 4 rings (SSSR count). The molecule has 2 aromatic rings. The van der Waals surface area contributed by atoms with Gasteiger partial charge < -0.3 is 14.4 Å². The zero-order valence-electron chi connectivity index (χ0n) is 18.1. The molecule has 1 aliphatic heterocycles. The second-order valence-electron chi connectivity index (χ2n) is 8.23. The van der Waals surface area contributed by atoms with Crippen molar-refractivity contribution in [2.24, 2.45) is 18.9 Å². The molecule has 0 unspecified atom stereocenters. The number of esters is 1. The van der Waals surface area contributed by atoms with Crippen molar-refractivity contribution < 1.29 is 19.1 Å². The van der Waals surface area contributed by atoms with Gasteiger partial charge in [0.05, 0.1) is 24.8 Å². The van der Waals surface area contributed by atoms with Crippen molar-refractivity contribution in [3.63, 3.8) is 0 Å². The van der Waals surface area contributed by atoms with Gasteiger partial charge in [-0.25, -0.2) is 0 Å². The van der Waals surface area contributed by atoms with Crippen LogP contribution in [0.5, 0.6) is 5.75 Å². The van der Waals surface area contributed by atoms with Gasteiger partial charge in [0.15, 0.2) is 0 Å². The maximum absolute atomic E-state index is 13.5. The second-order valence-corrected chi connectivity index (χ2v) is 8.23. The standard InChI is InChI=1S/C23H29N3O4/c1-5-29-23(28)19-11-18(19)12-26(13-20-14(2)24-25(4)15(20)3)22(27)17-6-7-21-16(10-17)8-9-30-21/h6-7,10,18-19H,5,8-9,11-13H2,1-4H3/t18-,19+/m0/s1. The summed E-state index contributed by atoms with van der Waals surface area (Å²) in [5.74, 6) is 0.717. The average molecular weight is 412 g/mol. The van der Waals surface area contributed by atoms with Crippen LogP contribution in [0.15, 0.2) is 18.2 Å². The lowest BCUT2D eigenvalue weighted by molar-refractivity contribution is -0.145. The van der Waals surface area contributed by atoms with E-state index in [1.54, 1.807) is 0 Å². The molecular formula is C23H29N3O4. The Morgan fingerprint density at radius 3 is 2.83 bits per heavy atom. The van der Waals surface area contributed by atoms with E-state index in [4.69, 9.17) is 9.47 Å². The summed E-state index contributed by atoms with van der Waals surface area (Å²) in [5.41, 5.74) is 4.76. The van der Waals surface area contributed by atoms with E-state index >= 15 is 0 Å². The molecule has 0 radical (unpaired) electrons. The third-order valence-corrected chi connectivity index (χ3v) is 6.20. The summed E-state index contributed by atoms with van der Waals surface area (Å²) < 4.78 is 12.6. The number of ether oxygens (including phenoxy) is 2. The SMILES string of the molecule is CCOC(=O)[C@@H]1C[C@H]1CN(Cc1c(C)nn(C)c1C)C(=O)c1ccc2c(c1)CCO2. The van der Waals surface area contributed by atoms with Crippen LogP contribution < -0.4 is 4.74 Å². The number of carbonyl (C=O) groups is 2. The number of rotatable bonds is 7. The predicted octanol–water partition coefficient (Wildman–Crippen LogP) is 2.81. The molecule has 1 amide bonds. The molecule has 2 heterocycles. The van der Waals surface area contributed by atoms with Crippen molar-refractivity contribution in [2.75, 3.05) is 19.8 Å². The topological polar surface area (TPSA) is 73.7 Å². The van der Waals surface area contributed by atoms with Crippen LogP contribution in [-0.2, 0) is 29.5 Å². The third kappa shape index (κ3) is 3.93. The summed E-state index contributed by atoms with van der Waals surface area (Å²) in [7, 11) is 1.91. The largest absolute Gasteiger partial charge is 0.493 e. The van der Waals surface area contributed by atoms with Crippen molar-refractivity contribution in [3.05, 3.63) is 46.3 Å². The molecule has 1 fully saturated rings. The van der Waals surface area contributed by atoms with E-state index in [-0.39, 0.29) is 23.7 Å². The van der Waals surface area contributed by atoms with E-state index in [1.807, 2.05) is 55.6 Å². The average Bonchev–Trinajstić information content (AvgIpc) is 3.26. The first-order chi connectivity index (χ1) is 14.4. The normalized spacial score (nSPS) is 19.2. The van der Waals surface area contributed by atoms with Gasteiger partial charge in [-0.1, -0.05) is 0 Å². The third-order valence-electron chi connectivity index (χ3n) is 6.20. The molecule has 1 aliphatic carbocycles. The Bertz CT molecular complexity index is 981. The lowest BCUT2D eigenvalue weighted by atomic mass is 10.1. The van der Waals surface area contributed by atoms with Gasteiger partial charge in [0.2, 0.25) is 0 Å². The van der Waals surface area contributed by atoms with E-state index in [0.717, 1.165) is 41.1 Å². The van der Waals surface area contributed by atoms with Crippen LogP contribution in [0.4, 0.5) is 0 Å². The number of fused-ring (bicyclic) bond motifs is 1. The zero-order valence-corrected chi connectivity index (χ0v) is 18.1. The highest BCUT2D eigenvalue weighted by atomic mass is 16.5. The van der Waals surface area contributed by atoms with Gasteiger partial charge in [-0.3, -0.25) is 14.3 Å². The summed E-state index contributed by atoms with van der Waals surface area (Å²) in [5, 5.41) is 4.49. The molecule has 7 heteroatoms. The Kier molecular flexibility index (Phi) is 5.54. The molecule has 7 nitrogen and oxygen atoms in total. The highest BCUT2D eigenvalue weighted by Gasteiger charge is 2.45. The number of aromatic nitrogens is 2. The first kappa shape index (κ1) is 20.4. The molecule has 0 spiro atoms. The lowest BCUT2D eigenvalue weighted by Gasteiger charge is -2.24. The summed E-state index contributed by atoms with van der Waals surface area (Å²) in [6, 6.07) is 5.65.